The number of rotatable bonds is 10. The minimum Gasteiger partial charge on any atom is -0.495 e. The van der Waals surface area contributed by atoms with E-state index in [1.807, 2.05) is 45.0 Å². The molecule has 0 heterocycles. The number of methoxy groups -OCH3 is 1. The number of ether oxygens (including phenoxy) is 1. The highest BCUT2D eigenvalue weighted by Crippen LogP contribution is 2.33. The number of nitrogens with zero attached hydrogens (tertiary/aromatic N) is 2. The normalized spacial score (nSPS) is 12.2. The standard InChI is InChI=1S/C24H32ClN3O5S/c1-16(2)26-24(30)18(4)27(14-19-10-8-7-9-17(19)3)23(29)15-28(34(6,31)32)21-13-20(25)11-12-22(21)33-5/h7-13,16,18H,14-15H2,1-6H3,(H,26,30)/t18-/m0/s1. The molecular formula is C24H32ClN3O5S. The summed E-state index contributed by atoms with van der Waals surface area (Å²) in [6, 6.07) is 11.1. The van der Waals surface area contributed by atoms with Crippen LogP contribution in [0.3, 0.4) is 0 Å². The zero-order chi connectivity index (χ0) is 25.6. The van der Waals surface area contributed by atoms with Gasteiger partial charge < -0.3 is 15.0 Å². The van der Waals surface area contributed by atoms with E-state index in [1.165, 1.54) is 24.1 Å². The van der Waals surface area contributed by atoms with Crippen molar-refractivity contribution in [2.45, 2.75) is 46.3 Å². The third kappa shape index (κ3) is 7.11. The number of hydrogen-bond acceptors (Lipinski definition) is 5. The van der Waals surface area contributed by atoms with Crippen LogP contribution in [0.5, 0.6) is 5.75 Å². The smallest absolute Gasteiger partial charge is 0.244 e. The van der Waals surface area contributed by atoms with Crippen molar-refractivity contribution in [3.63, 3.8) is 0 Å². The van der Waals surface area contributed by atoms with Crippen molar-refractivity contribution in [2.24, 2.45) is 0 Å². The maximum absolute atomic E-state index is 13.6. The summed E-state index contributed by atoms with van der Waals surface area (Å²) in [5.74, 6) is -0.621. The fourth-order valence-corrected chi connectivity index (χ4v) is 4.42. The SMILES string of the molecule is COc1ccc(Cl)cc1N(CC(=O)N(Cc1ccccc1C)[C@@H](C)C(=O)NC(C)C)S(C)(=O)=O. The first-order valence-corrected chi connectivity index (χ1v) is 13.0. The first kappa shape index (κ1) is 27.5. The van der Waals surface area contributed by atoms with Gasteiger partial charge in [-0.1, -0.05) is 35.9 Å². The van der Waals surface area contributed by atoms with Crippen LogP contribution >= 0.6 is 11.6 Å². The van der Waals surface area contributed by atoms with Crippen LogP contribution in [-0.2, 0) is 26.2 Å². The average Bonchev–Trinajstić information content (AvgIpc) is 2.75. The molecule has 0 saturated carbocycles. The third-order valence-corrected chi connectivity index (χ3v) is 6.65. The number of halogens is 1. The van der Waals surface area contributed by atoms with Crippen LogP contribution in [0.1, 0.15) is 31.9 Å². The summed E-state index contributed by atoms with van der Waals surface area (Å²) in [4.78, 5) is 27.8. The largest absolute Gasteiger partial charge is 0.495 e. The zero-order valence-electron chi connectivity index (χ0n) is 20.3. The van der Waals surface area contributed by atoms with Gasteiger partial charge in [-0.15, -0.1) is 0 Å². The van der Waals surface area contributed by atoms with Crippen LogP contribution in [-0.4, -0.2) is 57.1 Å². The van der Waals surface area contributed by atoms with Crippen molar-refractivity contribution < 1.29 is 22.7 Å². The topological polar surface area (TPSA) is 96.0 Å². The number of carbonyl (C=O) groups excluding carboxylic acids is 2. The highest BCUT2D eigenvalue weighted by Gasteiger charge is 2.31. The molecule has 0 aliphatic rings. The Labute approximate surface area is 206 Å². The summed E-state index contributed by atoms with van der Waals surface area (Å²) in [7, 11) is -2.49. The van der Waals surface area contributed by atoms with Gasteiger partial charge in [0.25, 0.3) is 0 Å². The van der Waals surface area contributed by atoms with Gasteiger partial charge in [0.15, 0.2) is 0 Å². The Hall–Kier alpha value is -2.78. The summed E-state index contributed by atoms with van der Waals surface area (Å²) in [6.45, 7) is 6.81. The Bertz CT molecular complexity index is 1140. The van der Waals surface area contributed by atoms with Gasteiger partial charge in [0.1, 0.15) is 18.3 Å². The number of hydrogen-bond donors (Lipinski definition) is 1. The Morgan fingerprint density at radius 3 is 2.32 bits per heavy atom. The number of amides is 2. The van der Waals surface area contributed by atoms with Crippen molar-refractivity contribution in [3.05, 3.63) is 58.6 Å². The van der Waals surface area contributed by atoms with Crippen LogP contribution < -0.4 is 14.4 Å². The molecule has 186 valence electrons. The lowest BCUT2D eigenvalue weighted by Gasteiger charge is -2.32. The lowest BCUT2D eigenvalue weighted by molar-refractivity contribution is -0.139. The Morgan fingerprint density at radius 2 is 1.76 bits per heavy atom. The number of benzene rings is 2. The molecule has 2 aromatic rings. The predicted octanol–water partition coefficient (Wildman–Crippen LogP) is 3.36. The van der Waals surface area contributed by atoms with Gasteiger partial charge >= 0.3 is 0 Å². The summed E-state index contributed by atoms with van der Waals surface area (Å²) < 4.78 is 31.7. The van der Waals surface area contributed by atoms with E-state index < -0.39 is 28.5 Å². The van der Waals surface area contributed by atoms with Gasteiger partial charge in [0.05, 0.1) is 19.1 Å². The molecule has 0 unspecified atom stereocenters. The van der Waals surface area contributed by atoms with Crippen molar-refractivity contribution in [3.8, 4) is 5.75 Å². The highest BCUT2D eigenvalue weighted by atomic mass is 35.5. The second kappa shape index (κ2) is 11.6. The second-order valence-electron chi connectivity index (χ2n) is 8.37. The van der Waals surface area contributed by atoms with Gasteiger partial charge in [-0.3, -0.25) is 13.9 Å². The molecule has 0 radical (unpaired) electrons. The molecule has 1 atom stereocenters. The molecule has 2 rings (SSSR count). The fraction of sp³-hybridized carbons (Fsp3) is 0.417. The van der Waals surface area contributed by atoms with E-state index in [4.69, 9.17) is 16.3 Å². The van der Waals surface area contributed by atoms with E-state index in [0.29, 0.717) is 5.02 Å². The summed E-state index contributed by atoms with van der Waals surface area (Å²) in [6.07, 6.45) is 1.00. The highest BCUT2D eigenvalue weighted by molar-refractivity contribution is 7.92. The molecule has 34 heavy (non-hydrogen) atoms. The molecule has 0 saturated heterocycles. The number of nitrogens with one attached hydrogen (secondary N) is 1. The molecule has 0 aliphatic heterocycles. The monoisotopic (exact) mass is 509 g/mol. The summed E-state index contributed by atoms with van der Waals surface area (Å²) in [5.41, 5.74) is 1.94. The number of sulfonamides is 1. The lowest BCUT2D eigenvalue weighted by Crippen LogP contribution is -2.52. The van der Waals surface area contributed by atoms with Crippen LogP contribution in [0.2, 0.25) is 5.02 Å². The van der Waals surface area contributed by atoms with Crippen LogP contribution in [0, 0.1) is 6.92 Å². The van der Waals surface area contributed by atoms with Gasteiger partial charge in [-0.25, -0.2) is 8.42 Å². The fourth-order valence-electron chi connectivity index (χ4n) is 3.41. The van der Waals surface area contributed by atoms with E-state index in [2.05, 4.69) is 5.32 Å². The predicted molar refractivity (Wildman–Crippen MR) is 135 cm³/mol. The summed E-state index contributed by atoms with van der Waals surface area (Å²) in [5, 5.41) is 3.11. The first-order chi connectivity index (χ1) is 15.8. The number of aryl methyl sites for hydroxylation is 1. The molecule has 0 fully saturated rings. The molecule has 0 aromatic heterocycles. The van der Waals surface area contributed by atoms with Gasteiger partial charge in [-0.05, 0) is 57.0 Å². The van der Waals surface area contributed by atoms with E-state index in [-0.39, 0.29) is 29.9 Å². The maximum atomic E-state index is 13.6. The molecule has 0 aliphatic carbocycles. The third-order valence-electron chi connectivity index (χ3n) is 5.29. The lowest BCUT2D eigenvalue weighted by atomic mass is 10.1. The van der Waals surface area contributed by atoms with Gasteiger partial charge in [0.2, 0.25) is 21.8 Å². The molecular weight excluding hydrogens is 478 g/mol. The van der Waals surface area contributed by atoms with Crippen molar-refractivity contribution in [1.82, 2.24) is 10.2 Å². The van der Waals surface area contributed by atoms with E-state index in [1.54, 1.807) is 13.0 Å². The van der Waals surface area contributed by atoms with Gasteiger partial charge in [0, 0.05) is 17.6 Å². The van der Waals surface area contributed by atoms with Crippen molar-refractivity contribution in [1.29, 1.82) is 0 Å². The molecule has 1 N–H and O–H groups in total. The maximum Gasteiger partial charge on any atom is 0.244 e. The molecule has 10 heteroatoms. The molecule has 0 spiro atoms. The second-order valence-corrected chi connectivity index (χ2v) is 10.7. The van der Waals surface area contributed by atoms with Crippen molar-refractivity contribution in [2.75, 3.05) is 24.2 Å². The van der Waals surface area contributed by atoms with Crippen LogP contribution in [0.25, 0.3) is 0 Å². The minimum absolute atomic E-state index is 0.117. The molecule has 8 nitrogen and oxygen atoms in total. The number of carbonyl (C=O) groups is 2. The van der Waals surface area contributed by atoms with E-state index >= 15 is 0 Å². The minimum atomic E-state index is -3.90. The van der Waals surface area contributed by atoms with E-state index in [0.717, 1.165) is 21.7 Å². The summed E-state index contributed by atoms with van der Waals surface area (Å²) >= 11 is 6.11. The first-order valence-electron chi connectivity index (χ1n) is 10.8. The van der Waals surface area contributed by atoms with Crippen LogP contribution in [0.15, 0.2) is 42.5 Å². The molecule has 2 aromatic carbocycles. The quantitative estimate of drug-likeness (QED) is 0.529. The van der Waals surface area contributed by atoms with Crippen molar-refractivity contribution >= 4 is 39.1 Å². The molecule has 0 bridgehead atoms. The Balaban J connectivity index is 2.48. The molecule has 2 amide bonds. The average molecular weight is 510 g/mol. The number of anilines is 1. The Morgan fingerprint density at radius 1 is 1.12 bits per heavy atom. The zero-order valence-corrected chi connectivity index (χ0v) is 21.9. The Kier molecular flexibility index (Phi) is 9.35. The van der Waals surface area contributed by atoms with E-state index in [9.17, 15) is 18.0 Å². The van der Waals surface area contributed by atoms with Crippen LogP contribution in [0.4, 0.5) is 5.69 Å². The van der Waals surface area contributed by atoms with Gasteiger partial charge in [-0.2, -0.15) is 0 Å².